The topological polar surface area (TPSA) is 24.9 Å². The number of hydrogen-bond donors (Lipinski definition) is 0. The smallest absolute Gasteiger partial charge is 0.156 e. The van der Waals surface area contributed by atoms with Crippen molar-refractivity contribution in [2.45, 2.75) is 19.8 Å². The molecule has 0 saturated heterocycles. The SMILES string of the molecule is C=C(OCCCN(C)C)C(=CC)OCCCN(C)C. The third kappa shape index (κ3) is 10.6. The summed E-state index contributed by atoms with van der Waals surface area (Å²) in [7, 11) is 8.23. The zero-order valence-corrected chi connectivity index (χ0v) is 13.2. The lowest BCUT2D eigenvalue weighted by Gasteiger charge is -2.16. The van der Waals surface area contributed by atoms with Gasteiger partial charge in [-0.2, -0.15) is 0 Å². The van der Waals surface area contributed by atoms with E-state index in [4.69, 9.17) is 9.47 Å². The molecule has 0 aliphatic heterocycles. The molecule has 0 fully saturated rings. The number of ether oxygens (including phenoxy) is 2. The molecule has 0 spiro atoms. The second kappa shape index (κ2) is 10.9. The fourth-order valence-electron chi connectivity index (χ4n) is 1.53. The highest BCUT2D eigenvalue weighted by Crippen LogP contribution is 2.11. The minimum absolute atomic E-state index is 0.631. The van der Waals surface area contributed by atoms with Crippen LogP contribution in [-0.2, 0) is 9.47 Å². The van der Waals surface area contributed by atoms with Crippen molar-refractivity contribution in [1.82, 2.24) is 9.80 Å². The van der Waals surface area contributed by atoms with Crippen molar-refractivity contribution in [1.29, 1.82) is 0 Å². The molecule has 0 radical (unpaired) electrons. The summed E-state index contributed by atoms with van der Waals surface area (Å²) in [6.07, 6.45) is 3.89. The molecule has 0 atom stereocenters. The zero-order valence-electron chi connectivity index (χ0n) is 13.2. The summed E-state index contributed by atoms with van der Waals surface area (Å²) in [6, 6.07) is 0. The molecule has 112 valence electrons. The Kier molecular flexibility index (Phi) is 10.3. The largest absolute Gasteiger partial charge is 0.490 e. The molecule has 0 heterocycles. The van der Waals surface area contributed by atoms with Gasteiger partial charge in [-0.1, -0.05) is 6.58 Å². The molecule has 0 amide bonds. The van der Waals surface area contributed by atoms with Crippen LogP contribution in [0.1, 0.15) is 19.8 Å². The monoisotopic (exact) mass is 270 g/mol. The van der Waals surface area contributed by atoms with E-state index < -0.39 is 0 Å². The Balaban J connectivity index is 3.80. The van der Waals surface area contributed by atoms with Gasteiger partial charge < -0.3 is 19.3 Å². The van der Waals surface area contributed by atoms with E-state index in [-0.39, 0.29) is 0 Å². The van der Waals surface area contributed by atoms with Crippen molar-refractivity contribution >= 4 is 0 Å². The van der Waals surface area contributed by atoms with Gasteiger partial charge >= 0.3 is 0 Å². The zero-order chi connectivity index (χ0) is 14.7. The molecule has 0 rings (SSSR count). The second-order valence-corrected chi connectivity index (χ2v) is 5.09. The van der Waals surface area contributed by atoms with Crippen LogP contribution in [0, 0.1) is 0 Å². The Bertz CT molecular complexity index is 273. The predicted molar refractivity (Wildman–Crippen MR) is 81.1 cm³/mol. The maximum Gasteiger partial charge on any atom is 0.156 e. The van der Waals surface area contributed by atoms with E-state index >= 15 is 0 Å². The lowest BCUT2D eigenvalue weighted by Crippen LogP contribution is -2.16. The van der Waals surface area contributed by atoms with Gasteiger partial charge in [-0.3, -0.25) is 0 Å². The van der Waals surface area contributed by atoms with Crippen molar-refractivity contribution in [3.05, 3.63) is 24.2 Å². The van der Waals surface area contributed by atoms with Crippen LogP contribution in [0.2, 0.25) is 0 Å². The minimum Gasteiger partial charge on any atom is -0.490 e. The van der Waals surface area contributed by atoms with Gasteiger partial charge in [0.2, 0.25) is 0 Å². The highest BCUT2D eigenvalue weighted by molar-refractivity contribution is 5.15. The summed E-state index contributed by atoms with van der Waals surface area (Å²) < 4.78 is 11.3. The van der Waals surface area contributed by atoms with Crippen LogP contribution in [0.3, 0.4) is 0 Å². The fourth-order valence-corrected chi connectivity index (χ4v) is 1.53. The highest BCUT2D eigenvalue weighted by Gasteiger charge is 2.04. The summed E-state index contributed by atoms with van der Waals surface area (Å²) in [5, 5.41) is 0. The molecule has 0 aliphatic rings. The van der Waals surface area contributed by atoms with Gasteiger partial charge in [0.25, 0.3) is 0 Å². The first-order chi connectivity index (χ1) is 8.97. The van der Waals surface area contributed by atoms with Gasteiger partial charge in [0, 0.05) is 13.1 Å². The number of hydrogen-bond acceptors (Lipinski definition) is 4. The first-order valence-corrected chi connectivity index (χ1v) is 6.88. The molecule has 4 heteroatoms. The molecule has 0 unspecified atom stereocenters. The van der Waals surface area contributed by atoms with Crippen LogP contribution < -0.4 is 0 Å². The molecule has 19 heavy (non-hydrogen) atoms. The van der Waals surface area contributed by atoms with Crippen molar-refractivity contribution in [2.75, 3.05) is 54.5 Å². The van der Waals surface area contributed by atoms with E-state index in [1.807, 2.05) is 13.0 Å². The third-order valence-corrected chi connectivity index (χ3v) is 2.57. The summed E-state index contributed by atoms with van der Waals surface area (Å²) in [5.74, 6) is 1.38. The molecular formula is C15H30N2O2. The molecule has 0 aromatic rings. The van der Waals surface area contributed by atoms with Gasteiger partial charge in [-0.25, -0.2) is 0 Å². The number of nitrogens with zero attached hydrogens (tertiary/aromatic N) is 2. The molecule has 4 nitrogen and oxygen atoms in total. The Morgan fingerprint density at radius 2 is 1.42 bits per heavy atom. The van der Waals surface area contributed by atoms with Gasteiger partial charge in [0.1, 0.15) is 0 Å². The summed E-state index contributed by atoms with van der Waals surface area (Å²) in [6.45, 7) is 9.26. The molecular weight excluding hydrogens is 240 g/mol. The number of rotatable bonds is 11. The van der Waals surface area contributed by atoms with E-state index in [0.717, 1.165) is 31.7 Å². The highest BCUT2D eigenvalue weighted by atomic mass is 16.5. The van der Waals surface area contributed by atoms with E-state index in [9.17, 15) is 0 Å². The lowest BCUT2D eigenvalue weighted by molar-refractivity contribution is 0.141. The van der Waals surface area contributed by atoms with Gasteiger partial charge in [-0.15, -0.1) is 0 Å². The van der Waals surface area contributed by atoms with Crippen LogP contribution in [0.4, 0.5) is 0 Å². The Morgan fingerprint density at radius 3 is 1.84 bits per heavy atom. The lowest BCUT2D eigenvalue weighted by atomic mass is 10.3. The van der Waals surface area contributed by atoms with Crippen molar-refractivity contribution in [3.63, 3.8) is 0 Å². The first-order valence-electron chi connectivity index (χ1n) is 6.88. The van der Waals surface area contributed by atoms with Crippen LogP contribution in [-0.4, -0.2) is 64.3 Å². The van der Waals surface area contributed by atoms with Crippen molar-refractivity contribution < 1.29 is 9.47 Å². The van der Waals surface area contributed by atoms with Crippen LogP contribution in [0.25, 0.3) is 0 Å². The Morgan fingerprint density at radius 1 is 0.947 bits per heavy atom. The van der Waals surface area contributed by atoms with Gasteiger partial charge in [-0.05, 0) is 54.0 Å². The first kappa shape index (κ1) is 18.0. The summed E-state index contributed by atoms with van der Waals surface area (Å²) >= 11 is 0. The van der Waals surface area contributed by atoms with Gasteiger partial charge in [0.15, 0.2) is 11.5 Å². The molecule has 0 aromatic carbocycles. The maximum absolute atomic E-state index is 5.68. The quantitative estimate of drug-likeness (QED) is 0.327. The Hall–Kier alpha value is -1.00. The summed E-state index contributed by atoms with van der Waals surface area (Å²) in [5.41, 5.74) is 0. The normalized spacial score (nSPS) is 12.1. The van der Waals surface area contributed by atoms with Crippen LogP contribution >= 0.6 is 0 Å². The molecule has 0 saturated carbocycles. The van der Waals surface area contributed by atoms with E-state index in [1.54, 1.807) is 0 Å². The minimum atomic E-state index is 0.631. The van der Waals surface area contributed by atoms with Gasteiger partial charge in [0.05, 0.1) is 13.2 Å². The van der Waals surface area contributed by atoms with E-state index in [2.05, 4.69) is 44.6 Å². The van der Waals surface area contributed by atoms with Crippen LogP contribution in [0.15, 0.2) is 24.2 Å². The standard InChI is InChI=1S/C15H30N2O2/c1-7-15(19-13-9-11-17(5)6)14(2)18-12-8-10-16(3)4/h7H,2,8-13H2,1,3-6H3. The van der Waals surface area contributed by atoms with Crippen molar-refractivity contribution in [3.8, 4) is 0 Å². The average Bonchev–Trinajstić information content (AvgIpc) is 2.34. The van der Waals surface area contributed by atoms with E-state index in [1.165, 1.54) is 0 Å². The van der Waals surface area contributed by atoms with E-state index in [0.29, 0.717) is 19.0 Å². The molecule has 0 aromatic heterocycles. The van der Waals surface area contributed by atoms with Crippen LogP contribution in [0.5, 0.6) is 0 Å². The second-order valence-electron chi connectivity index (χ2n) is 5.09. The Labute approximate surface area is 118 Å². The molecule has 0 aliphatic carbocycles. The summed E-state index contributed by atoms with van der Waals surface area (Å²) in [4.78, 5) is 4.28. The van der Waals surface area contributed by atoms with Crippen molar-refractivity contribution in [2.24, 2.45) is 0 Å². The molecule has 0 N–H and O–H groups in total. The third-order valence-electron chi connectivity index (χ3n) is 2.57. The average molecular weight is 270 g/mol. The number of allylic oxidation sites excluding steroid dienone is 1. The maximum atomic E-state index is 5.68. The predicted octanol–water partition coefficient (Wildman–Crippen LogP) is 2.34. The molecule has 0 bridgehead atoms. The fraction of sp³-hybridized carbons (Fsp3) is 0.733.